The number of hydrogen-bond acceptors (Lipinski definition) is 3. The molecule has 0 bridgehead atoms. The summed E-state index contributed by atoms with van der Waals surface area (Å²) in [4.78, 5) is 2.19. The van der Waals surface area contributed by atoms with Crippen LogP contribution in [0.25, 0.3) is 0 Å². The summed E-state index contributed by atoms with van der Waals surface area (Å²) in [6, 6.07) is 10.1. The van der Waals surface area contributed by atoms with Crippen LogP contribution >= 0.6 is 0 Å². The lowest BCUT2D eigenvalue weighted by atomic mass is 10.2. The number of benzene rings is 1. The molecule has 0 saturated carbocycles. The lowest BCUT2D eigenvalue weighted by molar-refractivity contribution is 0.123. The molecule has 0 aliphatic carbocycles. The number of hydrogen-bond donors (Lipinski definition) is 2. The van der Waals surface area contributed by atoms with Crippen LogP contribution in [0.2, 0.25) is 0 Å². The Bertz CT molecular complexity index is 340. The highest BCUT2D eigenvalue weighted by atomic mass is 16.5. The van der Waals surface area contributed by atoms with Crippen LogP contribution in [0.15, 0.2) is 30.3 Å². The van der Waals surface area contributed by atoms with Gasteiger partial charge in [-0.25, -0.2) is 0 Å². The predicted molar refractivity (Wildman–Crippen MR) is 71.7 cm³/mol. The average molecular weight is 235 g/mol. The molecule has 1 atom stereocenters. The van der Waals surface area contributed by atoms with E-state index < -0.39 is 0 Å². The number of amidine groups is 1. The molecule has 0 aromatic heterocycles. The standard InChI is InChI=1S/C13H21N3O/c1-11(17-2)10-16(9-8-13(14)15)12-6-4-3-5-7-12/h3-7,11H,8-10H2,1-2H3,(H3,14,15). The molecular formula is C13H21N3O. The second kappa shape index (κ2) is 6.91. The molecule has 0 heterocycles. The third-order valence-corrected chi connectivity index (χ3v) is 2.65. The van der Waals surface area contributed by atoms with E-state index in [2.05, 4.69) is 17.0 Å². The summed E-state index contributed by atoms with van der Waals surface area (Å²) < 4.78 is 5.28. The lowest BCUT2D eigenvalue weighted by Gasteiger charge is -2.27. The summed E-state index contributed by atoms with van der Waals surface area (Å²) in [5.41, 5.74) is 6.54. The number of para-hydroxylation sites is 1. The molecule has 0 amide bonds. The Kier molecular flexibility index (Phi) is 5.49. The first-order chi connectivity index (χ1) is 8.13. The Labute approximate surface area is 103 Å². The van der Waals surface area contributed by atoms with Gasteiger partial charge in [0, 0.05) is 32.3 Å². The molecule has 1 aromatic carbocycles. The van der Waals surface area contributed by atoms with Crippen LogP contribution in [-0.4, -0.2) is 32.1 Å². The van der Waals surface area contributed by atoms with E-state index in [1.54, 1.807) is 7.11 Å². The van der Waals surface area contributed by atoms with Gasteiger partial charge in [-0.1, -0.05) is 18.2 Å². The maximum absolute atomic E-state index is 7.30. The fourth-order valence-corrected chi connectivity index (χ4v) is 1.60. The van der Waals surface area contributed by atoms with Gasteiger partial charge in [0.15, 0.2) is 0 Å². The van der Waals surface area contributed by atoms with Crippen molar-refractivity contribution in [3.63, 3.8) is 0 Å². The summed E-state index contributed by atoms with van der Waals surface area (Å²) in [6.07, 6.45) is 0.730. The zero-order valence-electron chi connectivity index (χ0n) is 10.5. The van der Waals surface area contributed by atoms with Crippen molar-refractivity contribution in [1.82, 2.24) is 0 Å². The van der Waals surface area contributed by atoms with E-state index in [0.717, 1.165) is 18.8 Å². The highest BCUT2D eigenvalue weighted by molar-refractivity contribution is 5.77. The van der Waals surface area contributed by atoms with Crippen LogP contribution in [0, 0.1) is 5.41 Å². The number of nitrogens with two attached hydrogens (primary N) is 1. The van der Waals surface area contributed by atoms with Crippen molar-refractivity contribution in [2.45, 2.75) is 19.4 Å². The van der Waals surface area contributed by atoms with E-state index >= 15 is 0 Å². The van der Waals surface area contributed by atoms with Gasteiger partial charge in [0.2, 0.25) is 0 Å². The monoisotopic (exact) mass is 235 g/mol. The third-order valence-electron chi connectivity index (χ3n) is 2.65. The first kappa shape index (κ1) is 13.5. The van der Waals surface area contributed by atoms with Crippen molar-refractivity contribution in [2.24, 2.45) is 5.73 Å². The first-order valence-electron chi connectivity index (χ1n) is 5.79. The van der Waals surface area contributed by atoms with Gasteiger partial charge < -0.3 is 15.4 Å². The number of rotatable bonds is 7. The van der Waals surface area contributed by atoms with E-state index in [0.29, 0.717) is 6.42 Å². The molecule has 1 rings (SSSR count). The molecule has 0 radical (unpaired) electrons. The highest BCUT2D eigenvalue weighted by Crippen LogP contribution is 2.14. The summed E-state index contributed by atoms with van der Waals surface area (Å²) in [7, 11) is 1.71. The molecular weight excluding hydrogens is 214 g/mol. The Morgan fingerprint density at radius 3 is 2.59 bits per heavy atom. The van der Waals surface area contributed by atoms with E-state index in [4.69, 9.17) is 15.9 Å². The van der Waals surface area contributed by atoms with Gasteiger partial charge in [-0.2, -0.15) is 0 Å². The summed E-state index contributed by atoms with van der Waals surface area (Å²) in [5.74, 6) is 0.219. The Morgan fingerprint density at radius 1 is 1.41 bits per heavy atom. The molecule has 1 unspecified atom stereocenters. The average Bonchev–Trinajstić information content (AvgIpc) is 2.35. The number of anilines is 1. The summed E-state index contributed by atoms with van der Waals surface area (Å²) in [5, 5.41) is 7.30. The van der Waals surface area contributed by atoms with E-state index in [-0.39, 0.29) is 11.9 Å². The van der Waals surface area contributed by atoms with Crippen LogP contribution in [0.4, 0.5) is 5.69 Å². The van der Waals surface area contributed by atoms with Crippen molar-refractivity contribution < 1.29 is 4.74 Å². The van der Waals surface area contributed by atoms with Gasteiger partial charge in [-0.05, 0) is 19.1 Å². The normalized spacial score (nSPS) is 12.1. The molecule has 0 aliphatic rings. The summed E-state index contributed by atoms with van der Waals surface area (Å²) in [6.45, 7) is 3.57. The van der Waals surface area contributed by atoms with E-state index in [1.165, 1.54) is 0 Å². The fraction of sp³-hybridized carbons (Fsp3) is 0.462. The second-order valence-electron chi connectivity index (χ2n) is 4.10. The molecule has 0 aliphatic heterocycles. The Balaban J connectivity index is 2.68. The van der Waals surface area contributed by atoms with Gasteiger partial charge in [0.1, 0.15) is 0 Å². The van der Waals surface area contributed by atoms with Crippen LogP contribution in [0.1, 0.15) is 13.3 Å². The number of ether oxygens (including phenoxy) is 1. The van der Waals surface area contributed by atoms with Crippen LogP contribution in [-0.2, 0) is 4.74 Å². The molecule has 94 valence electrons. The van der Waals surface area contributed by atoms with Crippen LogP contribution < -0.4 is 10.6 Å². The smallest absolute Gasteiger partial charge is 0.0923 e. The predicted octanol–water partition coefficient (Wildman–Crippen LogP) is 1.85. The largest absolute Gasteiger partial charge is 0.388 e. The van der Waals surface area contributed by atoms with Gasteiger partial charge in [-0.3, -0.25) is 5.41 Å². The Hall–Kier alpha value is -1.55. The number of nitrogens with zero attached hydrogens (tertiary/aromatic N) is 1. The van der Waals surface area contributed by atoms with Crippen molar-refractivity contribution in [2.75, 3.05) is 25.1 Å². The molecule has 4 nitrogen and oxygen atoms in total. The molecule has 0 saturated heterocycles. The van der Waals surface area contributed by atoms with Gasteiger partial charge in [0.25, 0.3) is 0 Å². The first-order valence-corrected chi connectivity index (χ1v) is 5.79. The summed E-state index contributed by atoms with van der Waals surface area (Å²) >= 11 is 0. The molecule has 0 spiro atoms. The van der Waals surface area contributed by atoms with E-state index in [1.807, 2.05) is 25.1 Å². The highest BCUT2D eigenvalue weighted by Gasteiger charge is 2.10. The number of methoxy groups -OCH3 is 1. The van der Waals surface area contributed by atoms with Crippen molar-refractivity contribution in [3.8, 4) is 0 Å². The van der Waals surface area contributed by atoms with Gasteiger partial charge >= 0.3 is 0 Å². The van der Waals surface area contributed by atoms with Gasteiger partial charge in [-0.15, -0.1) is 0 Å². The molecule has 3 N–H and O–H groups in total. The SMILES string of the molecule is COC(C)CN(CCC(=N)N)c1ccccc1. The van der Waals surface area contributed by atoms with Gasteiger partial charge in [0.05, 0.1) is 11.9 Å². The topological polar surface area (TPSA) is 62.3 Å². The molecule has 1 aromatic rings. The zero-order chi connectivity index (χ0) is 12.7. The number of nitrogens with one attached hydrogen (secondary N) is 1. The van der Waals surface area contributed by atoms with Crippen LogP contribution in [0.3, 0.4) is 0 Å². The molecule has 0 fully saturated rings. The minimum atomic E-state index is 0.155. The maximum Gasteiger partial charge on any atom is 0.0923 e. The minimum absolute atomic E-state index is 0.155. The second-order valence-corrected chi connectivity index (χ2v) is 4.10. The minimum Gasteiger partial charge on any atom is -0.388 e. The third kappa shape index (κ3) is 4.87. The fourth-order valence-electron chi connectivity index (χ4n) is 1.60. The molecule has 4 heteroatoms. The maximum atomic E-state index is 7.30. The molecule has 17 heavy (non-hydrogen) atoms. The van der Waals surface area contributed by atoms with E-state index in [9.17, 15) is 0 Å². The lowest BCUT2D eigenvalue weighted by Crippen LogP contribution is -2.34. The van der Waals surface area contributed by atoms with Crippen molar-refractivity contribution in [1.29, 1.82) is 5.41 Å². The van der Waals surface area contributed by atoms with Crippen molar-refractivity contribution >= 4 is 11.5 Å². The Morgan fingerprint density at radius 2 is 2.06 bits per heavy atom. The quantitative estimate of drug-likeness (QED) is 0.560. The zero-order valence-corrected chi connectivity index (χ0v) is 10.5. The van der Waals surface area contributed by atoms with Crippen LogP contribution in [0.5, 0.6) is 0 Å². The van der Waals surface area contributed by atoms with Crippen molar-refractivity contribution in [3.05, 3.63) is 30.3 Å².